The van der Waals surface area contributed by atoms with Gasteiger partial charge in [0, 0.05) is 18.8 Å². The summed E-state index contributed by atoms with van der Waals surface area (Å²) < 4.78 is 1.68. The van der Waals surface area contributed by atoms with Gasteiger partial charge < -0.3 is 11.2 Å². The average molecular weight is 190 g/mol. The molecule has 0 aliphatic carbocycles. The van der Waals surface area contributed by atoms with E-state index in [0.717, 1.165) is 5.52 Å². The van der Waals surface area contributed by atoms with Crippen LogP contribution in [-0.2, 0) is 0 Å². The molecule has 2 rings (SSSR count). The molecule has 0 aliphatic heterocycles. The van der Waals surface area contributed by atoms with E-state index in [4.69, 9.17) is 11.1 Å². The fourth-order valence-electron chi connectivity index (χ4n) is 1.33. The average Bonchev–Trinajstić information content (AvgIpc) is 2.59. The summed E-state index contributed by atoms with van der Waals surface area (Å²) in [7, 11) is 1.76. The number of hydrogen-bond donors (Lipinski definition) is 3. The minimum atomic E-state index is 0.00870. The van der Waals surface area contributed by atoms with E-state index in [9.17, 15) is 0 Å². The van der Waals surface area contributed by atoms with Crippen LogP contribution >= 0.6 is 0 Å². The molecule has 0 aromatic carbocycles. The summed E-state index contributed by atoms with van der Waals surface area (Å²) in [6.07, 6.45) is 3.19. The number of imidazole rings is 1. The van der Waals surface area contributed by atoms with Gasteiger partial charge >= 0.3 is 0 Å². The third-order valence-electron chi connectivity index (χ3n) is 1.97. The summed E-state index contributed by atoms with van der Waals surface area (Å²) in [6, 6.07) is 1.69. The van der Waals surface area contributed by atoms with Crippen LogP contribution in [0, 0.1) is 5.41 Å². The van der Waals surface area contributed by atoms with Crippen LogP contribution in [0.25, 0.3) is 11.2 Å². The van der Waals surface area contributed by atoms with Gasteiger partial charge in [-0.15, -0.1) is 0 Å². The molecule has 0 unspecified atom stereocenters. The number of fused-ring (bicyclic) bond motifs is 1. The van der Waals surface area contributed by atoms with E-state index < -0.39 is 0 Å². The van der Waals surface area contributed by atoms with Gasteiger partial charge in [-0.2, -0.15) is 0 Å². The van der Waals surface area contributed by atoms with Gasteiger partial charge in [0.15, 0.2) is 5.65 Å². The maximum atomic E-state index is 7.41. The Morgan fingerprint density at radius 1 is 1.57 bits per heavy atom. The number of nitrogens with one attached hydrogen (secondary N) is 2. The lowest BCUT2D eigenvalue weighted by Crippen LogP contribution is -2.15. The predicted molar refractivity (Wildman–Crippen MR) is 53.8 cm³/mol. The topological polar surface area (TPSA) is 92.6 Å². The second-order valence-corrected chi connectivity index (χ2v) is 2.78. The molecule has 6 nitrogen and oxygen atoms in total. The summed E-state index contributed by atoms with van der Waals surface area (Å²) in [6.45, 7) is 0. The Morgan fingerprint density at radius 2 is 2.36 bits per heavy atom. The first kappa shape index (κ1) is 8.49. The zero-order valence-electron chi connectivity index (χ0n) is 7.65. The minimum absolute atomic E-state index is 0.00870. The normalized spacial score (nSPS) is 10.4. The van der Waals surface area contributed by atoms with Gasteiger partial charge in [-0.3, -0.25) is 5.41 Å². The van der Waals surface area contributed by atoms with Crippen LogP contribution in [0.4, 0.5) is 0 Å². The van der Waals surface area contributed by atoms with Crippen LogP contribution in [0.3, 0.4) is 0 Å². The molecule has 0 saturated carbocycles. The predicted octanol–water partition coefficient (Wildman–Crippen LogP) is -0.111. The molecule has 0 amide bonds. The Balaban J connectivity index is 2.81. The van der Waals surface area contributed by atoms with Crippen LogP contribution in [0.2, 0.25) is 0 Å². The van der Waals surface area contributed by atoms with Crippen LogP contribution in [-0.4, -0.2) is 27.5 Å². The van der Waals surface area contributed by atoms with Gasteiger partial charge in [0.25, 0.3) is 0 Å². The van der Waals surface area contributed by atoms with Crippen molar-refractivity contribution in [2.75, 3.05) is 12.5 Å². The Labute approximate surface area is 80.2 Å². The van der Waals surface area contributed by atoms with E-state index >= 15 is 0 Å². The highest BCUT2D eigenvalue weighted by molar-refractivity contribution is 6.04. The highest BCUT2D eigenvalue weighted by atomic mass is 15.4. The first-order chi connectivity index (χ1) is 6.74. The monoisotopic (exact) mass is 190 g/mol. The number of nitrogens with zero attached hydrogens (tertiary/aromatic N) is 3. The highest BCUT2D eigenvalue weighted by Crippen LogP contribution is 2.13. The number of nitrogen functional groups attached to an aromatic ring is 1. The van der Waals surface area contributed by atoms with E-state index in [1.807, 2.05) is 0 Å². The molecule has 0 saturated heterocycles. The maximum Gasteiger partial charge on any atom is 0.180 e. The Morgan fingerprint density at radius 3 is 3.00 bits per heavy atom. The second kappa shape index (κ2) is 2.99. The Hall–Kier alpha value is -2.11. The lowest BCUT2D eigenvalue weighted by Gasteiger charge is -2.05. The molecule has 0 radical (unpaired) electrons. The van der Waals surface area contributed by atoms with Crippen molar-refractivity contribution in [3.63, 3.8) is 0 Å². The molecular formula is C8H10N6. The summed E-state index contributed by atoms with van der Waals surface area (Å²) in [5.41, 5.74) is 10.3. The largest absolute Gasteiger partial charge is 0.384 e. The molecule has 0 aliphatic rings. The molecule has 0 fully saturated rings. The lowest BCUT2D eigenvalue weighted by molar-refractivity contribution is 0.954. The molecule has 0 atom stereocenters. The summed E-state index contributed by atoms with van der Waals surface area (Å²) in [4.78, 5) is 8.14. The molecule has 6 heteroatoms. The summed E-state index contributed by atoms with van der Waals surface area (Å²) in [5.74, 6) is 0.00870. The number of amidine groups is 1. The molecule has 2 heterocycles. The van der Waals surface area contributed by atoms with E-state index in [2.05, 4.69) is 15.4 Å². The molecule has 14 heavy (non-hydrogen) atoms. The van der Waals surface area contributed by atoms with Crippen LogP contribution in [0.1, 0.15) is 5.56 Å². The van der Waals surface area contributed by atoms with Gasteiger partial charge in [-0.05, 0) is 6.07 Å². The SMILES string of the molecule is CNn1cnc2nccc(C(=N)N)c21. The van der Waals surface area contributed by atoms with Gasteiger partial charge in [0.05, 0.1) is 0 Å². The molecular weight excluding hydrogens is 180 g/mol. The van der Waals surface area contributed by atoms with E-state index in [1.165, 1.54) is 0 Å². The molecule has 2 aromatic rings. The number of pyridine rings is 1. The summed E-state index contributed by atoms with van der Waals surface area (Å²) in [5, 5.41) is 7.41. The first-order valence-electron chi connectivity index (χ1n) is 4.08. The van der Waals surface area contributed by atoms with Crippen molar-refractivity contribution in [3.05, 3.63) is 24.2 Å². The third-order valence-corrected chi connectivity index (χ3v) is 1.97. The Kier molecular flexibility index (Phi) is 1.81. The number of hydrogen-bond acceptors (Lipinski definition) is 4. The van der Waals surface area contributed by atoms with E-state index in [1.54, 1.807) is 30.3 Å². The molecule has 4 N–H and O–H groups in total. The Bertz CT molecular complexity index is 486. The van der Waals surface area contributed by atoms with Gasteiger partial charge in [0.2, 0.25) is 0 Å². The molecule has 0 spiro atoms. The zero-order chi connectivity index (χ0) is 10.1. The number of aromatic nitrogens is 3. The van der Waals surface area contributed by atoms with Gasteiger partial charge in [-0.25, -0.2) is 14.6 Å². The zero-order valence-corrected chi connectivity index (χ0v) is 7.65. The van der Waals surface area contributed by atoms with Crippen molar-refractivity contribution < 1.29 is 0 Å². The van der Waals surface area contributed by atoms with E-state index in [0.29, 0.717) is 11.2 Å². The fraction of sp³-hybridized carbons (Fsp3) is 0.125. The van der Waals surface area contributed by atoms with Crippen molar-refractivity contribution in [1.29, 1.82) is 5.41 Å². The van der Waals surface area contributed by atoms with Crippen molar-refractivity contribution in [1.82, 2.24) is 14.6 Å². The molecule has 0 bridgehead atoms. The lowest BCUT2D eigenvalue weighted by atomic mass is 10.2. The molecule has 2 aromatic heterocycles. The standard InChI is InChI=1S/C8H10N6/c1-11-14-4-13-8-6(14)5(7(9)10)2-3-12-8/h2-4,11H,1H3,(H3,9,10). The summed E-state index contributed by atoms with van der Waals surface area (Å²) >= 11 is 0. The van der Waals surface area contributed by atoms with Crippen molar-refractivity contribution in [2.45, 2.75) is 0 Å². The second-order valence-electron chi connectivity index (χ2n) is 2.78. The minimum Gasteiger partial charge on any atom is -0.384 e. The van der Waals surface area contributed by atoms with E-state index in [-0.39, 0.29) is 5.84 Å². The molecule has 72 valence electrons. The van der Waals surface area contributed by atoms with Crippen LogP contribution in [0.15, 0.2) is 18.6 Å². The van der Waals surface area contributed by atoms with Crippen LogP contribution in [0.5, 0.6) is 0 Å². The number of rotatable bonds is 2. The smallest absolute Gasteiger partial charge is 0.180 e. The fourth-order valence-corrected chi connectivity index (χ4v) is 1.33. The highest BCUT2D eigenvalue weighted by Gasteiger charge is 2.09. The third kappa shape index (κ3) is 1.08. The first-order valence-corrected chi connectivity index (χ1v) is 4.08. The number of nitrogens with two attached hydrogens (primary N) is 1. The van der Waals surface area contributed by atoms with Crippen LogP contribution < -0.4 is 11.2 Å². The quantitative estimate of drug-likeness (QED) is 0.455. The van der Waals surface area contributed by atoms with Crippen molar-refractivity contribution in [3.8, 4) is 0 Å². The van der Waals surface area contributed by atoms with Gasteiger partial charge in [0.1, 0.15) is 17.7 Å². The van der Waals surface area contributed by atoms with Crippen molar-refractivity contribution >= 4 is 17.0 Å². The van der Waals surface area contributed by atoms with Gasteiger partial charge in [-0.1, -0.05) is 0 Å². The van der Waals surface area contributed by atoms with Crippen molar-refractivity contribution in [2.24, 2.45) is 5.73 Å². The maximum absolute atomic E-state index is 7.41.